The first-order valence-electron chi connectivity index (χ1n) is 8.63. The van der Waals surface area contributed by atoms with Gasteiger partial charge < -0.3 is 10.2 Å². The lowest BCUT2D eigenvalue weighted by atomic mass is 10.00. The van der Waals surface area contributed by atoms with E-state index in [2.05, 4.69) is 40.4 Å². The molecule has 3 rings (SSSR count). The molecule has 0 atom stereocenters. The molecule has 0 spiro atoms. The highest BCUT2D eigenvalue weighted by atomic mass is 16.2. The predicted molar refractivity (Wildman–Crippen MR) is 95.1 cm³/mol. The Hall–Kier alpha value is -2.43. The van der Waals surface area contributed by atoms with Gasteiger partial charge >= 0.3 is 0 Å². The van der Waals surface area contributed by atoms with Crippen molar-refractivity contribution in [3.8, 4) is 0 Å². The molecule has 1 amide bonds. The van der Waals surface area contributed by atoms with Crippen LogP contribution in [0.3, 0.4) is 0 Å². The third kappa shape index (κ3) is 3.72. The number of hydrogen-bond donors (Lipinski definition) is 1. The number of aryl methyl sites for hydroxylation is 1. The average Bonchev–Trinajstić information content (AvgIpc) is 2.60. The Bertz CT molecular complexity index is 729. The zero-order chi connectivity index (χ0) is 16.9. The molecule has 1 N–H and O–H groups in total. The molecule has 0 aliphatic carbocycles. The Kier molecular flexibility index (Phi) is 5.08. The number of aromatic nitrogens is 2. The van der Waals surface area contributed by atoms with Crippen molar-refractivity contribution in [2.24, 2.45) is 0 Å². The molecule has 0 saturated carbocycles. The fourth-order valence-electron chi connectivity index (χ4n) is 2.99. The van der Waals surface area contributed by atoms with E-state index in [1.165, 1.54) is 11.1 Å². The highest BCUT2D eigenvalue weighted by Gasteiger charge is 2.23. The molecule has 0 fully saturated rings. The van der Waals surface area contributed by atoms with Crippen LogP contribution in [-0.4, -0.2) is 33.9 Å². The third-order valence-corrected chi connectivity index (χ3v) is 4.31. The number of nitrogens with zero attached hydrogens (tertiary/aromatic N) is 3. The highest BCUT2D eigenvalue weighted by Crippen LogP contribution is 2.20. The van der Waals surface area contributed by atoms with E-state index in [-0.39, 0.29) is 5.91 Å². The number of carbonyl (C=O) groups excluding carboxylic acids is 1. The monoisotopic (exact) mass is 324 g/mol. The van der Waals surface area contributed by atoms with E-state index in [0.29, 0.717) is 18.1 Å². The Morgan fingerprint density at radius 1 is 1.25 bits per heavy atom. The van der Waals surface area contributed by atoms with Gasteiger partial charge in [-0.25, -0.2) is 9.97 Å². The first kappa shape index (κ1) is 16.4. The second-order valence-corrected chi connectivity index (χ2v) is 6.21. The van der Waals surface area contributed by atoms with Crippen LogP contribution in [0.25, 0.3) is 0 Å². The molecular weight excluding hydrogens is 300 g/mol. The average molecular weight is 324 g/mol. The SMILES string of the molecule is CCCCNc1cc(C(=O)N2CCc3ccccc3C2)nc(C)n1. The van der Waals surface area contributed by atoms with Crippen molar-refractivity contribution in [3.05, 3.63) is 53.0 Å². The van der Waals surface area contributed by atoms with E-state index < -0.39 is 0 Å². The molecule has 0 radical (unpaired) electrons. The molecule has 0 unspecified atom stereocenters. The molecule has 1 aromatic carbocycles. The molecule has 1 aliphatic rings. The van der Waals surface area contributed by atoms with Gasteiger partial charge in [-0.1, -0.05) is 37.6 Å². The number of fused-ring (bicyclic) bond motifs is 1. The van der Waals surface area contributed by atoms with Gasteiger partial charge in [0.15, 0.2) is 0 Å². The lowest BCUT2D eigenvalue weighted by Gasteiger charge is -2.28. The van der Waals surface area contributed by atoms with Crippen molar-refractivity contribution >= 4 is 11.7 Å². The van der Waals surface area contributed by atoms with Gasteiger partial charge in [-0.05, 0) is 30.9 Å². The van der Waals surface area contributed by atoms with Crippen LogP contribution < -0.4 is 5.32 Å². The molecule has 0 bridgehead atoms. The number of benzene rings is 1. The Morgan fingerprint density at radius 3 is 2.83 bits per heavy atom. The smallest absolute Gasteiger partial charge is 0.272 e. The summed E-state index contributed by atoms with van der Waals surface area (Å²) in [6.45, 7) is 6.22. The molecule has 126 valence electrons. The zero-order valence-electron chi connectivity index (χ0n) is 14.4. The maximum atomic E-state index is 12.9. The standard InChI is InChI=1S/C19H24N4O/c1-3-4-10-20-18-12-17(21-14(2)22-18)19(24)23-11-9-15-7-5-6-8-16(15)13-23/h5-8,12H,3-4,9-11,13H2,1-2H3,(H,20,21,22). The minimum Gasteiger partial charge on any atom is -0.370 e. The zero-order valence-corrected chi connectivity index (χ0v) is 14.4. The quantitative estimate of drug-likeness (QED) is 0.858. The van der Waals surface area contributed by atoms with E-state index in [9.17, 15) is 4.79 Å². The fraction of sp³-hybridized carbons (Fsp3) is 0.421. The van der Waals surface area contributed by atoms with Gasteiger partial charge in [-0.15, -0.1) is 0 Å². The van der Waals surface area contributed by atoms with Gasteiger partial charge in [0.1, 0.15) is 17.3 Å². The second-order valence-electron chi connectivity index (χ2n) is 6.21. The van der Waals surface area contributed by atoms with Crippen LogP contribution in [0, 0.1) is 6.92 Å². The number of amides is 1. The number of hydrogen-bond acceptors (Lipinski definition) is 4. The first-order valence-corrected chi connectivity index (χ1v) is 8.63. The van der Waals surface area contributed by atoms with Crippen LogP contribution in [0.5, 0.6) is 0 Å². The molecule has 24 heavy (non-hydrogen) atoms. The first-order chi connectivity index (χ1) is 11.7. The van der Waals surface area contributed by atoms with Gasteiger partial charge in [0, 0.05) is 25.7 Å². The predicted octanol–water partition coefficient (Wildman–Crippen LogP) is 3.20. The van der Waals surface area contributed by atoms with Crippen LogP contribution in [0.1, 0.15) is 47.2 Å². The summed E-state index contributed by atoms with van der Waals surface area (Å²) >= 11 is 0. The molecule has 2 heterocycles. The largest absolute Gasteiger partial charge is 0.370 e. The lowest BCUT2D eigenvalue weighted by molar-refractivity contribution is 0.0728. The summed E-state index contributed by atoms with van der Waals surface area (Å²) in [5.74, 6) is 1.34. The van der Waals surface area contributed by atoms with Crippen molar-refractivity contribution in [1.82, 2.24) is 14.9 Å². The summed E-state index contributed by atoms with van der Waals surface area (Å²) < 4.78 is 0. The normalized spacial score (nSPS) is 13.5. The molecule has 2 aromatic rings. The maximum absolute atomic E-state index is 12.9. The Labute approximate surface area is 143 Å². The van der Waals surface area contributed by atoms with Crippen LogP contribution in [0.4, 0.5) is 5.82 Å². The topological polar surface area (TPSA) is 58.1 Å². The van der Waals surface area contributed by atoms with Crippen molar-refractivity contribution in [2.75, 3.05) is 18.4 Å². The molecule has 0 saturated heterocycles. The Morgan fingerprint density at radius 2 is 2.04 bits per heavy atom. The van der Waals surface area contributed by atoms with Crippen molar-refractivity contribution in [2.45, 2.75) is 39.7 Å². The summed E-state index contributed by atoms with van der Waals surface area (Å²) in [5, 5.41) is 3.28. The van der Waals surface area contributed by atoms with E-state index >= 15 is 0 Å². The van der Waals surface area contributed by atoms with Crippen LogP contribution in [0.2, 0.25) is 0 Å². The maximum Gasteiger partial charge on any atom is 0.272 e. The summed E-state index contributed by atoms with van der Waals surface area (Å²) in [5.41, 5.74) is 3.03. The van der Waals surface area contributed by atoms with Gasteiger partial charge in [-0.3, -0.25) is 4.79 Å². The van der Waals surface area contributed by atoms with E-state index in [4.69, 9.17) is 0 Å². The molecule has 1 aliphatic heterocycles. The van der Waals surface area contributed by atoms with Gasteiger partial charge in [0.25, 0.3) is 5.91 Å². The molecule has 5 heteroatoms. The Balaban J connectivity index is 1.75. The minimum absolute atomic E-state index is 0.0199. The van der Waals surface area contributed by atoms with Crippen molar-refractivity contribution < 1.29 is 4.79 Å². The summed E-state index contributed by atoms with van der Waals surface area (Å²) in [4.78, 5) is 23.5. The summed E-state index contributed by atoms with van der Waals surface area (Å²) in [6, 6.07) is 10.1. The van der Waals surface area contributed by atoms with Crippen molar-refractivity contribution in [1.29, 1.82) is 0 Å². The van der Waals surface area contributed by atoms with Crippen LogP contribution in [0.15, 0.2) is 30.3 Å². The number of rotatable bonds is 5. The van der Waals surface area contributed by atoms with Crippen LogP contribution >= 0.6 is 0 Å². The number of nitrogens with one attached hydrogen (secondary N) is 1. The lowest BCUT2D eigenvalue weighted by Crippen LogP contribution is -2.36. The molecule has 5 nitrogen and oxygen atoms in total. The van der Waals surface area contributed by atoms with Crippen molar-refractivity contribution in [3.63, 3.8) is 0 Å². The number of anilines is 1. The second kappa shape index (κ2) is 7.43. The van der Waals surface area contributed by atoms with E-state index in [0.717, 1.165) is 38.2 Å². The third-order valence-electron chi connectivity index (χ3n) is 4.31. The molecular formula is C19H24N4O. The van der Waals surface area contributed by atoms with Gasteiger partial charge in [0.2, 0.25) is 0 Å². The number of carbonyl (C=O) groups is 1. The number of unbranched alkanes of at least 4 members (excludes halogenated alkanes) is 1. The van der Waals surface area contributed by atoms with E-state index in [1.807, 2.05) is 17.9 Å². The van der Waals surface area contributed by atoms with E-state index in [1.54, 1.807) is 6.07 Å². The summed E-state index contributed by atoms with van der Waals surface area (Å²) in [6.07, 6.45) is 3.10. The van der Waals surface area contributed by atoms with Crippen LogP contribution in [-0.2, 0) is 13.0 Å². The summed E-state index contributed by atoms with van der Waals surface area (Å²) in [7, 11) is 0. The minimum atomic E-state index is -0.0199. The van der Waals surface area contributed by atoms with Gasteiger partial charge in [-0.2, -0.15) is 0 Å². The fourth-order valence-corrected chi connectivity index (χ4v) is 2.99. The highest BCUT2D eigenvalue weighted by molar-refractivity contribution is 5.93. The van der Waals surface area contributed by atoms with Gasteiger partial charge in [0.05, 0.1) is 0 Å². The molecule has 1 aromatic heterocycles.